The van der Waals surface area contributed by atoms with E-state index in [4.69, 9.17) is 4.74 Å². The van der Waals surface area contributed by atoms with Crippen LogP contribution >= 0.6 is 0 Å². The summed E-state index contributed by atoms with van der Waals surface area (Å²) in [7, 11) is 0. The maximum Gasteiger partial charge on any atom is 0.408 e. The molecule has 1 N–H and O–H groups in total. The molecule has 1 amide bonds. The van der Waals surface area contributed by atoms with Gasteiger partial charge in [-0.05, 0) is 40.2 Å². The molecule has 1 aromatic heterocycles. The summed E-state index contributed by atoms with van der Waals surface area (Å²) in [4.78, 5) is 31.5. The summed E-state index contributed by atoms with van der Waals surface area (Å²) in [5, 5.41) is 2.55. The first-order valence-electron chi connectivity index (χ1n) is 6.45. The Morgan fingerprint density at radius 1 is 1.30 bits per heavy atom. The van der Waals surface area contributed by atoms with Crippen LogP contribution < -0.4 is 5.32 Å². The highest BCUT2D eigenvalue weighted by atomic mass is 16.6. The Labute approximate surface area is 119 Å². The number of aryl methyl sites for hydroxylation is 1. The first-order chi connectivity index (χ1) is 9.17. The summed E-state index contributed by atoms with van der Waals surface area (Å²) in [6.07, 6.45) is 2.97. The molecule has 110 valence electrons. The van der Waals surface area contributed by atoms with E-state index in [-0.39, 0.29) is 12.2 Å². The zero-order valence-electron chi connectivity index (χ0n) is 12.6. The molecule has 0 aromatic carbocycles. The van der Waals surface area contributed by atoms with Gasteiger partial charge in [-0.25, -0.2) is 14.8 Å². The van der Waals surface area contributed by atoms with E-state index >= 15 is 0 Å². The number of ether oxygens (including phenoxy) is 1. The molecule has 0 aliphatic heterocycles. The molecule has 1 rings (SSSR count). The minimum atomic E-state index is -0.687. The number of hydrogen-bond acceptors (Lipinski definition) is 5. The Bertz CT molecular complexity index is 477. The van der Waals surface area contributed by atoms with Crippen molar-refractivity contribution in [1.29, 1.82) is 0 Å². The average molecular weight is 279 g/mol. The molecule has 0 bridgehead atoms. The third-order valence-corrected chi connectivity index (χ3v) is 2.40. The Balaban J connectivity index is 2.68. The van der Waals surface area contributed by atoms with Crippen LogP contribution in [0.15, 0.2) is 12.4 Å². The highest BCUT2D eigenvalue weighted by molar-refractivity contribution is 5.85. The smallest absolute Gasteiger partial charge is 0.408 e. The van der Waals surface area contributed by atoms with Crippen molar-refractivity contribution in [3.05, 3.63) is 23.8 Å². The molecule has 1 atom stereocenters. The number of carbonyl (C=O) groups is 2. The van der Waals surface area contributed by atoms with E-state index in [0.717, 1.165) is 5.56 Å². The molecule has 0 fully saturated rings. The Morgan fingerprint density at radius 2 is 1.85 bits per heavy atom. The van der Waals surface area contributed by atoms with Crippen molar-refractivity contribution < 1.29 is 14.3 Å². The standard InChI is InChI=1S/C14H21N3O3/c1-9-7-15-12(16-8-9)6-11(10(2)18)17-13(19)20-14(3,4)5/h7-8,11H,6H2,1-5H3,(H,17,19)/t11-/m0/s1. The lowest BCUT2D eigenvalue weighted by Gasteiger charge is -2.22. The fraction of sp³-hybridized carbons (Fsp3) is 0.571. The molecule has 6 nitrogen and oxygen atoms in total. The lowest BCUT2D eigenvalue weighted by Crippen LogP contribution is -2.44. The molecule has 1 heterocycles. The zero-order valence-corrected chi connectivity index (χ0v) is 12.6. The van der Waals surface area contributed by atoms with Crippen LogP contribution in [0.25, 0.3) is 0 Å². The van der Waals surface area contributed by atoms with Crippen molar-refractivity contribution in [2.24, 2.45) is 0 Å². The second-order valence-electron chi connectivity index (χ2n) is 5.69. The quantitative estimate of drug-likeness (QED) is 0.909. The minimum Gasteiger partial charge on any atom is -0.444 e. The zero-order chi connectivity index (χ0) is 15.3. The number of hydrogen-bond donors (Lipinski definition) is 1. The molecule has 0 aliphatic carbocycles. The fourth-order valence-electron chi connectivity index (χ4n) is 1.45. The molecule has 1 aromatic rings. The minimum absolute atomic E-state index is 0.167. The van der Waals surface area contributed by atoms with Gasteiger partial charge in [-0.2, -0.15) is 0 Å². The maximum atomic E-state index is 11.7. The van der Waals surface area contributed by atoms with Crippen molar-refractivity contribution in [2.45, 2.75) is 52.7 Å². The number of nitrogens with zero attached hydrogens (tertiary/aromatic N) is 2. The molecule has 0 aliphatic rings. The summed E-state index contributed by atoms with van der Waals surface area (Å²) in [5.41, 5.74) is 0.333. The van der Waals surface area contributed by atoms with Crippen LogP contribution in [0.2, 0.25) is 0 Å². The van der Waals surface area contributed by atoms with E-state index in [2.05, 4.69) is 15.3 Å². The van der Waals surface area contributed by atoms with Gasteiger partial charge in [0.15, 0.2) is 5.78 Å². The first kappa shape index (κ1) is 16.1. The van der Waals surface area contributed by atoms with Crippen LogP contribution in [0.1, 0.15) is 39.1 Å². The van der Waals surface area contributed by atoms with Crippen molar-refractivity contribution >= 4 is 11.9 Å². The third-order valence-electron chi connectivity index (χ3n) is 2.40. The van der Waals surface area contributed by atoms with E-state index in [9.17, 15) is 9.59 Å². The van der Waals surface area contributed by atoms with Gasteiger partial charge in [-0.15, -0.1) is 0 Å². The van der Waals surface area contributed by atoms with Gasteiger partial charge in [0.05, 0.1) is 6.04 Å². The van der Waals surface area contributed by atoms with Gasteiger partial charge >= 0.3 is 6.09 Å². The second-order valence-corrected chi connectivity index (χ2v) is 5.69. The van der Waals surface area contributed by atoms with Crippen LogP contribution in [0.5, 0.6) is 0 Å². The van der Waals surface area contributed by atoms with Gasteiger partial charge in [0.2, 0.25) is 0 Å². The Morgan fingerprint density at radius 3 is 2.30 bits per heavy atom. The SMILES string of the molecule is CC(=O)[C@H](Cc1ncc(C)cn1)NC(=O)OC(C)(C)C. The first-order valence-corrected chi connectivity index (χ1v) is 6.45. The number of alkyl carbamates (subject to hydrolysis) is 1. The average Bonchev–Trinajstić information content (AvgIpc) is 2.28. The van der Waals surface area contributed by atoms with Crippen molar-refractivity contribution in [1.82, 2.24) is 15.3 Å². The molecular weight excluding hydrogens is 258 g/mol. The van der Waals surface area contributed by atoms with E-state index in [1.165, 1.54) is 6.92 Å². The number of ketones is 1. The summed E-state index contributed by atoms with van der Waals surface area (Å²) < 4.78 is 5.13. The van der Waals surface area contributed by atoms with E-state index in [1.807, 2.05) is 6.92 Å². The molecule has 0 spiro atoms. The third kappa shape index (κ3) is 5.77. The van der Waals surface area contributed by atoms with Gasteiger partial charge in [0.1, 0.15) is 11.4 Å². The predicted molar refractivity (Wildman–Crippen MR) is 74.3 cm³/mol. The normalized spacial score (nSPS) is 12.7. The number of Topliss-reactive ketones (excluding diaryl/α,β-unsaturated/α-hetero) is 1. The van der Waals surface area contributed by atoms with Crippen LogP contribution in [0, 0.1) is 6.92 Å². The van der Waals surface area contributed by atoms with Gasteiger partial charge in [0.25, 0.3) is 0 Å². The molecule has 0 saturated heterocycles. The molecule has 20 heavy (non-hydrogen) atoms. The van der Waals surface area contributed by atoms with Crippen LogP contribution in [-0.2, 0) is 16.0 Å². The Kier molecular flexibility index (Phi) is 5.19. The second kappa shape index (κ2) is 6.45. The topological polar surface area (TPSA) is 81.2 Å². The summed E-state index contributed by atoms with van der Waals surface area (Å²) in [6, 6.07) is -0.687. The van der Waals surface area contributed by atoms with E-state index in [0.29, 0.717) is 5.82 Å². The number of rotatable bonds is 4. The number of nitrogens with one attached hydrogen (secondary N) is 1. The summed E-state index contributed by atoms with van der Waals surface area (Å²) in [5.74, 6) is 0.340. The number of amides is 1. The monoisotopic (exact) mass is 279 g/mol. The molecule has 0 unspecified atom stereocenters. The summed E-state index contributed by atoms with van der Waals surface area (Å²) >= 11 is 0. The highest BCUT2D eigenvalue weighted by Gasteiger charge is 2.23. The van der Waals surface area contributed by atoms with E-state index < -0.39 is 17.7 Å². The predicted octanol–water partition coefficient (Wildman–Crippen LogP) is 1.81. The van der Waals surface area contributed by atoms with Crippen molar-refractivity contribution in [2.75, 3.05) is 0 Å². The van der Waals surface area contributed by atoms with Crippen LogP contribution in [0.3, 0.4) is 0 Å². The lowest BCUT2D eigenvalue weighted by molar-refractivity contribution is -0.119. The highest BCUT2D eigenvalue weighted by Crippen LogP contribution is 2.07. The number of carbonyl (C=O) groups excluding carboxylic acids is 2. The fourth-order valence-corrected chi connectivity index (χ4v) is 1.45. The molecular formula is C14H21N3O3. The Hall–Kier alpha value is -1.98. The largest absolute Gasteiger partial charge is 0.444 e. The molecule has 0 radical (unpaired) electrons. The van der Waals surface area contributed by atoms with Crippen LogP contribution in [0.4, 0.5) is 4.79 Å². The van der Waals surface area contributed by atoms with Gasteiger partial charge in [-0.1, -0.05) is 0 Å². The molecule has 0 saturated carbocycles. The lowest BCUT2D eigenvalue weighted by atomic mass is 10.1. The maximum absolute atomic E-state index is 11.7. The van der Waals surface area contributed by atoms with Crippen molar-refractivity contribution in [3.63, 3.8) is 0 Å². The van der Waals surface area contributed by atoms with Gasteiger partial charge in [-0.3, -0.25) is 4.79 Å². The van der Waals surface area contributed by atoms with E-state index in [1.54, 1.807) is 33.2 Å². The summed E-state index contributed by atoms with van der Waals surface area (Å²) in [6.45, 7) is 8.58. The van der Waals surface area contributed by atoms with Gasteiger partial charge in [0, 0.05) is 18.8 Å². The van der Waals surface area contributed by atoms with Gasteiger partial charge < -0.3 is 10.1 Å². The molecule has 6 heteroatoms. The number of aromatic nitrogens is 2. The van der Waals surface area contributed by atoms with Crippen LogP contribution in [-0.4, -0.2) is 33.5 Å². The van der Waals surface area contributed by atoms with Crippen molar-refractivity contribution in [3.8, 4) is 0 Å².